The van der Waals surface area contributed by atoms with Crippen molar-refractivity contribution in [3.05, 3.63) is 249 Å². The molecule has 0 saturated heterocycles. The zero-order valence-electron chi connectivity index (χ0n) is 36.9. The van der Waals surface area contributed by atoms with Gasteiger partial charge in [-0.25, -0.2) is 0 Å². The number of aromatic nitrogens is 2. The van der Waals surface area contributed by atoms with E-state index in [0.717, 1.165) is 67.3 Å². The lowest BCUT2D eigenvalue weighted by Crippen LogP contribution is -2.10. The highest BCUT2D eigenvalue weighted by atomic mass is 16.3. The summed E-state index contributed by atoms with van der Waals surface area (Å²) >= 11 is 0. The summed E-state index contributed by atoms with van der Waals surface area (Å²) < 4.78 is 11.4. The molecule has 11 aromatic carbocycles. The van der Waals surface area contributed by atoms with Crippen molar-refractivity contribution in [1.82, 2.24) is 8.97 Å². The summed E-state index contributed by atoms with van der Waals surface area (Å²) in [7, 11) is 0. The molecule has 0 aliphatic rings. The first-order valence-electron chi connectivity index (χ1n) is 23.2. The van der Waals surface area contributed by atoms with Crippen molar-refractivity contribution in [2.45, 2.75) is 0 Å². The van der Waals surface area contributed by atoms with Gasteiger partial charge in [-0.3, -0.25) is 4.40 Å². The molecule has 0 unspecified atom stereocenters. The summed E-state index contributed by atoms with van der Waals surface area (Å²) in [5.41, 5.74) is 17.6. The fourth-order valence-corrected chi connectivity index (χ4v) is 10.7. The highest BCUT2D eigenvalue weighted by Crippen LogP contribution is 2.43. The molecule has 3 heterocycles. The Morgan fingerprint density at radius 3 is 1.59 bits per heavy atom. The maximum absolute atomic E-state index is 6.77. The molecule has 3 aromatic heterocycles. The number of oxazole rings is 1. The van der Waals surface area contributed by atoms with Crippen LogP contribution in [0.5, 0.6) is 0 Å². The van der Waals surface area contributed by atoms with Crippen molar-refractivity contribution in [3.8, 4) is 39.1 Å². The van der Waals surface area contributed by atoms with Gasteiger partial charge in [0.2, 0.25) is 5.71 Å². The van der Waals surface area contributed by atoms with E-state index in [-0.39, 0.29) is 0 Å². The lowest BCUT2D eigenvalue weighted by molar-refractivity contribution is 0.658. The first-order valence-corrected chi connectivity index (χ1v) is 23.2. The van der Waals surface area contributed by atoms with Crippen LogP contribution in [0.15, 0.2) is 253 Å². The molecule has 68 heavy (non-hydrogen) atoms. The van der Waals surface area contributed by atoms with Crippen LogP contribution in [-0.4, -0.2) is 8.97 Å². The monoisotopic (exact) mass is 867 g/mol. The molecular weight excluding hydrogens is 827 g/mol. The topological polar surface area (TPSA) is 25.7 Å². The van der Waals surface area contributed by atoms with Crippen molar-refractivity contribution in [3.63, 3.8) is 0 Å². The minimum absolute atomic E-state index is 0.867. The highest BCUT2D eigenvalue weighted by Gasteiger charge is 2.21. The van der Waals surface area contributed by atoms with Crippen molar-refractivity contribution < 1.29 is 4.42 Å². The van der Waals surface area contributed by atoms with Crippen molar-refractivity contribution >= 4 is 88.1 Å². The predicted octanol–water partition coefficient (Wildman–Crippen LogP) is 17.7. The molecule has 0 spiro atoms. The SMILES string of the molecule is c1ccc(-c2ccc(N(c3cccc(-n4c5ccccc5c5ccccc54)c3)c3ccc4c(ccc5cc(-c6ccc7c(c6)oc6c(-c8ccccc8)c8ccccc8n67)ccc54)c3)cc2)cc1. The van der Waals surface area contributed by atoms with Gasteiger partial charge in [0.1, 0.15) is 0 Å². The summed E-state index contributed by atoms with van der Waals surface area (Å²) in [6, 6.07) is 89.9. The number of benzene rings is 11. The second-order valence-electron chi connectivity index (χ2n) is 17.7. The van der Waals surface area contributed by atoms with E-state index >= 15 is 0 Å². The van der Waals surface area contributed by atoms with Crippen LogP contribution < -0.4 is 4.90 Å². The van der Waals surface area contributed by atoms with Crippen LogP contribution in [0.3, 0.4) is 0 Å². The minimum atomic E-state index is 0.867. The number of hydrogen-bond acceptors (Lipinski definition) is 2. The van der Waals surface area contributed by atoms with Crippen LogP contribution >= 0.6 is 0 Å². The molecule has 0 amide bonds. The van der Waals surface area contributed by atoms with Crippen LogP contribution in [0, 0.1) is 0 Å². The molecule has 0 atom stereocenters. The molecule has 4 nitrogen and oxygen atoms in total. The first-order chi connectivity index (χ1) is 33.7. The van der Waals surface area contributed by atoms with Gasteiger partial charge in [0.15, 0.2) is 5.58 Å². The van der Waals surface area contributed by atoms with Gasteiger partial charge in [-0.05, 0) is 128 Å². The predicted molar refractivity (Wildman–Crippen MR) is 285 cm³/mol. The molecule has 0 N–H and O–H groups in total. The molecular formula is C64H41N3O. The minimum Gasteiger partial charge on any atom is -0.438 e. The van der Waals surface area contributed by atoms with E-state index in [4.69, 9.17) is 4.42 Å². The lowest BCUT2D eigenvalue weighted by Gasteiger charge is -2.27. The normalized spacial score (nSPS) is 11.8. The van der Waals surface area contributed by atoms with Gasteiger partial charge in [-0.2, -0.15) is 0 Å². The Hall–Kier alpha value is -9.12. The molecule has 0 aliphatic heterocycles. The summed E-state index contributed by atoms with van der Waals surface area (Å²) in [5, 5.41) is 8.50. The maximum atomic E-state index is 6.77. The summed E-state index contributed by atoms with van der Waals surface area (Å²) in [6.45, 7) is 0. The largest absolute Gasteiger partial charge is 0.438 e. The molecule has 14 aromatic rings. The number of anilines is 3. The second kappa shape index (κ2) is 15.2. The van der Waals surface area contributed by atoms with Gasteiger partial charge in [-0.15, -0.1) is 0 Å². The fraction of sp³-hybridized carbons (Fsp3) is 0. The summed E-state index contributed by atoms with van der Waals surface area (Å²) in [5.74, 6) is 0. The van der Waals surface area contributed by atoms with Gasteiger partial charge >= 0.3 is 0 Å². The second-order valence-corrected chi connectivity index (χ2v) is 17.7. The van der Waals surface area contributed by atoms with Crippen molar-refractivity contribution in [2.75, 3.05) is 4.90 Å². The standard InChI is InChI=1S/C64H41N3O/c1-3-14-42(15-4-1)43-28-32-49(33-29-43)65(50-18-13-19-51(41-50)66-58-23-10-7-20-55(58)56-21-8-11-24-59(56)66)52-34-36-54-48(39-52)27-26-47-38-45(30-35-53(47)54)46-31-37-61-62(40-46)68-64-63(44-16-5-2-6-17-44)57-22-9-12-25-60(57)67(61)64/h1-41H. The van der Waals surface area contributed by atoms with Crippen molar-refractivity contribution in [2.24, 2.45) is 0 Å². The Labute approximate surface area is 392 Å². The van der Waals surface area contributed by atoms with Crippen LogP contribution in [0.2, 0.25) is 0 Å². The van der Waals surface area contributed by atoms with Crippen molar-refractivity contribution in [1.29, 1.82) is 0 Å². The van der Waals surface area contributed by atoms with E-state index < -0.39 is 0 Å². The quantitative estimate of drug-likeness (QED) is 0.149. The number of fused-ring (bicyclic) bond motifs is 11. The molecule has 0 fully saturated rings. The third-order valence-electron chi connectivity index (χ3n) is 13.9. The Kier molecular flexibility index (Phi) is 8.55. The number of para-hydroxylation sites is 3. The van der Waals surface area contributed by atoms with E-state index in [1.807, 2.05) is 0 Å². The van der Waals surface area contributed by atoms with Crippen LogP contribution in [-0.2, 0) is 0 Å². The zero-order valence-corrected chi connectivity index (χ0v) is 36.9. The summed E-state index contributed by atoms with van der Waals surface area (Å²) in [6.07, 6.45) is 0. The number of nitrogens with zero attached hydrogens (tertiary/aromatic N) is 3. The third kappa shape index (κ3) is 6.01. The van der Waals surface area contributed by atoms with E-state index in [1.54, 1.807) is 0 Å². The van der Waals surface area contributed by atoms with E-state index in [2.05, 4.69) is 263 Å². The average Bonchev–Trinajstić information content (AvgIpc) is 4.06. The summed E-state index contributed by atoms with van der Waals surface area (Å²) in [4.78, 5) is 2.39. The Bertz CT molecular complexity index is 4200. The smallest absolute Gasteiger partial charge is 0.213 e. The third-order valence-corrected chi connectivity index (χ3v) is 13.9. The lowest BCUT2D eigenvalue weighted by atomic mass is 9.97. The van der Waals surface area contributed by atoms with Gasteiger partial charge < -0.3 is 13.9 Å². The molecule has 0 saturated carbocycles. The van der Waals surface area contributed by atoms with E-state index in [9.17, 15) is 0 Å². The number of hydrogen-bond donors (Lipinski definition) is 0. The van der Waals surface area contributed by atoms with Gasteiger partial charge in [-0.1, -0.05) is 170 Å². The molecule has 318 valence electrons. The fourth-order valence-electron chi connectivity index (χ4n) is 10.7. The Morgan fingerprint density at radius 1 is 0.309 bits per heavy atom. The average molecular weight is 868 g/mol. The molecule has 0 bridgehead atoms. The molecule has 4 heteroatoms. The highest BCUT2D eigenvalue weighted by molar-refractivity contribution is 6.11. The number of rotatable bonds is 7. The van der Waals surface area contributed by atoms with Gasteiger partial charge in [0, 0.05) is 38.9 Å². The Morgan fingerprint density at radius 2 is 0.853 bits per heavy atom. The Balaban J connectivity index is 0.863. The zero-order chi connectivity index (χ0) is 44.7. The first kappa shape index (κ1) is 38.2. The van der Waals surface area contributed by atoms with E-state index in [1.165, 1.54) is 59.9 Å². The van der Waals surface area contributed by atoms with Crippen LogP contribution in [0.1, 0.15) is 0 Å². The van der Waals surface area contributed by atoms with Gasteiger partial charge in [0.05, 0.1) is 27.6 Å². The van der Waals surface area contributed by atoms with Crippen LogP contribution in [0.25, 0.3) is 110 Å². The maximum Gasteiger partial charge on any atom is 0.213 e. The molecule has 0 radical (unpaired) electrons. The van der Waals surface area contributed by atoms with Crippen LogP contribution in [0.4, 0.5) is 17.1 Å². The van der Waals surface area contributed by atoms with Gasteiger partial charge in [0.25, 0.3) is 0 Å². The molecule has 0 aliphatic carbocycles. The van der Waals surface area contributed by atoms with E-state index in [0.29, 0.717) is 0 Å². The molecule has 14 rings (SSSR count).